The normalized spacial score (nSPS) is 16.8. The molecule has 0 fully saturated rings. The fraction of sp³-hybridized carbons (Fsp3) is 0.400. The molecule has 12 heavy (non-hydrogen) atoms. The van der Waals surface area contributed by atoms with Crippen molar-refractivity contribution in [3.63, 3.8) is 0 Å². The summed E-state index contributed by atoms with van der Waals surface area (Å²) in [4.78, 5) is 1.47. The Morgan fingerprint density at radius 3 is 3.08 bits per heavy atom. The predicted octanol–water partition coefficient (Wildman–Crippen LogP) is 3.88. The zero-order chi connectivity index (χ0) is 8.39. The minimum absolute atomic E-state index is 1.20. The van der Waals surface area contributed by atoms with Crippen LogP contribution in [0.5, 0.6) is 0 Å². The number of thioether (sulfide) groups is 1. The molecule has 0 saturated carbocycles. The monoisotopic (exact) mass is 242 g/mol. The fourth-order valence-corrected chi connectivity index (χ4v) is 3.12. The highest BCUT2D eigenvalue weighted by Gasteiger charge is 2.07. The first-order valence-corrected chi connectivity index (χ1v) is 6.05. The number of aryl methyl sites for hydroxylation is 1. The summed E-state index contributed by atoms with van der Waals surface area (Å²) in [6.45, 7) is 0. The van der Waals surface area contributed by atoms with Crippen LogP contribution in [0.2, 0.25) is 0 Å². The summed E-state index contributed by atoms with van der Waals surface area (Å²) in [5, 5.41) is 0. The predicted molar refractivity (Wildman–Crippen MR) is 57.8 cm³/mol. The van der Waals surface area contributed by atoms with Gasteiger partial charge in [-0.1, -0.05) is 22.0 Å². The van der Waals surface area contributed by atoms with Crippen LogP contribution in [0.3, 0.4) is 0 Å². The van der Waals surface area contributed by atoms with Gasteiger partial charge in [-0.25, -0.2) is 0 Å². The van der Waals surface area contributed by atoms with Crippen LogP contribution >= 0.6 is 27.7 Å². The van der Waals surface area contributed by atoms with Crippen molar-refractivity contribution in [1.82, 2.24) is 0 Å². The Kier molecular flexibility index (Phi) is 2.76. The zero-order valence-corrected chi connectivity index (χ0v) is 9.25. The summed E-state index contributed by atoms with van der Waals surface area (Å²) in [5.41, 5.74) is 1.53. The summed E-state index contributed by atoms with van der Waals surface area (Å²) in [6.07, 6.45) is 3.97. The summed E-state index contributed by atoms with van der Waals surface area (Å²) in [7, 11) is 0. The number of hydrogen-bond donors (Lipinski definition) is 0. The topological polar surface area (TPSA) is 0 Å². The maximum Gasteiger partial charge on any atom is 0.0186 e. The van der Waals surface area contributed by atoms with Crippen LogP contribution in [-0.2, 0) is 6.42 Å². The van der Waals surface area contributed by atoms with Gasteiger partial charge in [-0.3, -0.25) is 0 Å². The van der Waals surface area contributed by atoms with Crippen molar-refractivity contribution in [2.24, 2.45) is 0 Å². The smallest absolute Gasteiger partial charge is 0.0186 e. The quantitative estimate of drug-likeness (QED) is 0.666. The van der Waals surface area contributed by atoms with E-state index in [2.05, 4.69) is 34.1 Å². The molecule has 0 radical (unpaired) electrons. The third-order valence-corrected chi connectivity index (χ3v) is 3.80. The molecular weight excluding hydrogens is 232 g/mol. The van der Waals surface area contributed by atoms with E-state index in [1.54, 1.807) is 0 Å². The molecule has 2 heteroatoms. The molecule has 0 atom stereocenters. The summed E-state index contributed by atoms with van der Waals surface area (Å²) < 4.78 is 1.20. The molecule has 1 aromatic rings. The lowest BCUT2D eigenvalue weighted by molar-refractivity contribution is 0.804. The van der Waals surface area contributed by atoms with Gasteiger partial charge in [0.1, 0.15) is 0 Å². The van der Waals surface area contributed by atoms with Gasteiger partial charge in [-0.2, -0.15) is 0 Å². The van der Waals surface area contributed by atoms with Crippen LogP contribution in [0, 0.1) is 0 Å². The minimum atomic E-state index is 1.20. The highest BCUT2D eigenvalue weighted by atomic mass is 79.9. The molecule has 0 unspecified atom stereocenters. The molecule has 0 N–H and O–H groups in total. The van der Waals surface area contributed by atoms with Gasteiger partial charge in [-0.15, -0.1) is 11.8 Å². The van der Waals surface area contributed by atoms with Crippen LogP contribution in [0.1, 0.15) is 18.4 Å². The highest BCUT2D eigenvalue weighted by Crippen LogP contribution is 2.30. The Morgan fingerprint density at radius 2 is 2.17 bits per heavy atom. The number of hydrogen-bond acceptors (Lipinski definition) is 1. The second-order valence-electron chi connectivity index (χ2n) is 3.06. The van der Waals surface area contributed by atoms with Crippen molar-refractivity contribution >= 4 is 27.7 Å². The van der Waals surface area contributed by atoms with Gasteiger partial charge in [0.2, 0.25) is 0 Å². The first-order valence-electron chi connectivity index (χ1n) is 4.27. The molecule has 0 amide bonds. The third kappa shape index (κ3) is 1.86. The van der Waals surface area contributed by atoms with E-state index in [1.807, 2.05) is 11.8 Å². The summed E-state index contributed by atoms with van der Waals surface area (Å²) in [5.74, 6) is 1.28. The molecule has 1 aliphatic heterocycles. The lowest BCUT2D eigenvalue weighted by Gasteiger charge is -2.03. The molecule has 2 rings (SSSR count). The van der Waals surface area contributed by atoms with Crippen LogP contribution in [0.4, 0.5) is 0 Å². The lowest BCUT2D eigenvalue weighted by atomic mass is 10.1. The number of fused-ring (bicyclic) bond motifs is 1. The van der Waals surface area contributed by atoms with E-state index in [4.69, 9.17) is 0 Å². The SMILES string of the molecule is Brc1ccc2c(c1)SCCCC2. The van der Waals surface area contributed by atoms with Crippen molar-refractivity contribution in [2.45, 2.75) is 24.2 Å². The molecule has 0 nitrogen and oxygen atoms in total. The average Bonchev–Trinajstić information content (AvgIpc) is 2.28. The Hall–Kier alpha value is 0.0500. The number of benzene rings is 1. The van der Waals surface area contributed by atoms with Crippen molar-refractivity contribution in [3.8, 4) is 0 Å². The van der Waals surface area contributed by atoms with Gasteiger partial charge in [0.25, 0.3) is 0 Å². The Morgan fingerprint density at radius 1 is 1.25 bits per heavy atom. The van der Waals surface area contributed by atoms with Crippen molar-refractivity contribution < 1.29 is 0 Å². The second-order valence-corrected chi connectivity index (χ2v) is 5.11. The molecule has 0 aromatic heterocycles. The van der Waals surface area contributed by atoms with Crippen LogP contribution in [-0.4, -0.2) is 5.75 Å². The fourth-order valence-electron chi connectivity index (χ4n) is 1.47. The molecule has 1 heterocycles. The van der Waals surface area contributed by atoms with Gasteiger partial charge in [0, 0.05) is 9.37 Å². The molecule has 0 spiro atoms. The Bertz CT molecular complexity index is 283. The van der Waals surface area contributed by atoms with E-state index in [9.17, 15) is 0 Å². The van der Waals surface area contributed by atoms with Crippen molar-refractivity contribution in [3.05, 3.63) is 28.2 Å². The van der Waals surface area contributed by atoms with Crippen LogP contribution in [0.25, 0.3) is 0 Å². The van der Waals surface area contributed by atoms with Gasteiger partial charge in [-0.05, 0) is 42.7 Å². The molecule has 0 bridgehead atoms. The molecule has 0 aliphatic carbocycles. The number of halogens is 1. The molecule has 64 valence electrons. The molecule has 1 aliphatic rings. The highest BCUT2D eigenvalue weighted by molar-refractivity contribution is 9.10. The van der Waals surface area contributed by atoms with E-state index >= 15 is 0 Å². The van der Waals surface area contributed by atoms with Gasteiger partial charge >= 0.3 is 0 Å². The first-order chi connectivity index (χ1) is 5.86. The maximum absolute atomic E-state index is 3.50. The van der Waals surface area contributed by atoms with Crippen LogP contribution < -0.4 is 0 Å². The Labute approximate surface area is 85.9 Å². The van der Waals surface area contributed by atoms with Crippen molar-refractivity contribution in [2.75, 3.05) is 5.75 Å². The van der Waals surface area contributed by atoms with E-state index < -0.39 is 0 Å². The summed E-state index contributed by atoms with van der Waals surface area (Å²) >= 11 is 5.50. The van der Waals surface area contributed by atoms with E-state index in [1.165, 1.54) is 39.9 Å². The van der Waals surface area contributed by atoms with Crippen molar-refractivity contribution in [1.29, 1.82) is 0 Å². The lowest BCUT2D eigenvalue weighted by Crippen LogP contribution is -1.84. The van der Waals surface area contributed by atoms with E-state index in [0.29, 0.717) is 0 Å². The third-order valence-electron chi connectivity index (χ3n) is 2.13. The standard InChI is InChI=1S/C10H11BrS/c11-9-5-4-8-3-1-2-6-12-10(8)7-9/h4-5,7H,1-3,6H2. The average molecular weight is 243 g/mol. The molecular formula is C10H11BrS. The van der Waals surface area contributed by atoms with Gasteiger partial charge < -0.3 is 0 Å². The number of rotatable bonds is 0. The Balaban J connectivity index is 2.36. The zero-order valence-electron chi connectivity index (χ0n) is 6.85. The first kappa shape index (κ1) is 8.64. The molecule has 1 aromatic carbocycles. The van der Waals surface area contributed by atoms with E-state index in [0.717, 1.165) is 0 Å². The van der Waals surface area contributed by atoms with E-state index in [-0.39, 0.29) is 0 Å². The maximum atomic E-state index is 3.50. The minimum Gasteiger partial charge on any atom is -0.126 e. The summed E-state index contributed by atoms with van der Waals surface area (Å²) in [6, 6.07) is 6.63. The largest absolute Gasteiger partial charge is 0.126 e. The van der Waals surface area contributed by atoms with Crippen LogP contribution in [0.15, 0.2) is 27.6 Å². The second kappa shape index (κ2) is 3.84. The molecule has 0 saturated heterocycles. The van der Waals surface area contributed by atoms with Gasteiger partial charge in [0.05, 0.1) is 0 Å². The van der Waals surface area contributed by atoms with Gasteiger partial charge in [0.15, 0.2) is 0 Å².